The quantitative estimate of drug-likeness (QED) is 0.766. The van der Waals surface area contributed by atoms with E-state index in [1.54, 1.807) is 18.7 Å². The molecular weight excluding hydrogens is 256 g/mol. The minimum absolute atomic E-state index is 0.451. The van der Waals surface area contributed by atoms with Gasteiger partial charge in [0.15, 0.2) is 0 Å². The molecule has 0 fully saturated rings. The number of benzene rings is 2. The zero-order valence-electron chi connectivity index (χ0n) is 10.6. The normalized spacial score (nSPS) is 14.4. The summed E-state index contributed by atoms with van der Waals surface area (Å²) in [7, 11) is 0. The van der Waals surface area contributed by atoms with Crippen molar-refractivity contribution in [2.24, 2.45) is 0 Å². The maximum Gasteiger partial charge on any atom is 0.310 e. The molecule has 2 aromatic rings. The van der Waals surface area contributed by atoms with Crippen molar-refractivity contribution in [3.63, 3.8) is 0 Å². The molecule has 1 aliphatic rings. The number of fused-ring (bicyclic) bond motifs is 2. The van der Waals surface area contributed by atoms with Crippen molar-refractivity contribution in [3.05, 3.63) is 59.2 Å². The topological polar surface area (TPSA) is 37.3 Å². The highest BCUT2D eigenvalue weighted by Crippen LogP contribution is 2.40. The van der Waals surface area contributed by atoms with Crippen molar-refractivity contribution < 1.29 is 9.90 Å². The van der Waals surface area contributed by atoms with Crippen LogP contribution in [-0.2, 0) is 11.2 Å². The van der Waals surface area contributed by atoms with Crippen molar-refractivity contribution in [1.82, 2.24) is 0 Å². The lowest BCUT2D eigenvalue weighted by Gasteiger charge is -2.20. The predicted octanol–water partition coefficient (Wildman–Crippen LogP) is 3.93. The predicted molar refractivity (Wildman–Crippen MR) is 75.9 cm³/mol. The molecule has 1 N–H and O–H groups in total. The molecule has 1 heterocycles. The van der Waals surface area contributed by atoms with Crippen molar-refractivity contribution >= 4 is 17.7 Å². The number of hydrogen-bond acceptors (Lipinski definition) is 2. The summed E-state index contributed by atoms with van der Waals surface area (Å²) in [5, 5.41) is 9.09. The molecule has 0 aliphatic carbocycles. The van der Waals surface area contributed by atoms with Crippen LogP contribution in [0.4, 0.5) is 0 Å². The number of rotatable bonds is 2. The van der Waals surface area contributed by atoms with Crippen LogP contribution >= 0.6 is 11.8 Å². The largest absolute Gasteiger partial charge is 0.481 e. The number of carboxylic acids is 1. The van der Waals surface area contributed by atoms with Gasteiger partial charge in [0.25, 0.3) is 0 Å². The third kappa shape index (κ3) is 2.26. The Morgan fingerprint density at radius 3 is 2.68 bits per heavy atom. The van der Waals surface area contributed by atoms with E-state index >= 15 is 0 Å². The third-order valence-corrected chi connectivity index (χ3v) is 4.76. The van der Waals surface area contributed by atoms with Gasteiger partial charge in [0, 0.05) is 9.79 Å². The van der Waals surface area contributed by atoms with Gasteiger partial charge in [-0.25, -0.2) is 0 Å². The Labute approximate surface area is 116 Å². The Hall–Kier alpha value is -1.74. The maximum atomic E-state index is 11.1. The summed E-state index contributed by atoms with van der Waals surface area (Å²) < 4.78 is 0. The van der Waals surface area contributed by atoms with Gasteiger partial charge in [-0.3, -0.25) is 4.79 Å². The summed E-state index contributed by atoms with van der Waals surface area (Å²) in [6.07, 6.45) is 0.888. The second kappa shape index (κ2) is 4.74. The lowest BCUT2D eigenvalue weighted by Crippen LogP contribution is -2.09. The van der Waals surface area contributed by atoms with E-state index in [0.717, 1.165) is 12.0 Å². The Balaban J connectivity index is 1.98. The van der Waals surface area contributed by atoms with Gasteiger partial charge in [-0.05, 0) is 42.2 Å². The summed E-state index contributed by atoms with van der Waals surface area (Å²) in [4.78, 5) is 13.6. The van der Waals surface area contributed by atoms with E-state index in [4.69, 9.17) is 5.11 Å². The van der Waals surface area contributed by atoms with Crippen LogP contribution in [0.1, 0.15) is 29.5 Å². The molecule has 1 atom stereocenters. The smallest absolute Gasteiger partial charge is 0.310 e. The molecule has 2 nitrogen and oxygen atoms in total. The van der Waals surface area contributed by atoms with Crippen LogP contribution in [0.3, 0.4) is 0 Å². The zero-order valence-corrected chi connectivity index (χ0v) is 11.4. The fourth-order valence-electron chi connectivity index (χ4n) is 2.32. The molecule has 96 valence electrons. The first kappa shape index (κ1) is 12.3. The van der Waals surface area contributed by atoms with Crippen molar-refractivity contribution in [1.29, 1.82) is 0 Å². The van der Waals surface area contributed by atoms with Crippen LogP contribution in [0.15, 0.2) is 52.3 Å². The van der Waals surface area contributed by atoms with Gasteiger partial charge >= 0.3 is 5.97 Å². The van der Waals surface area contributed by atoms with Crippen LogP contribution in [0.2, 0.25) is 0 Å². The van der Waals surface area contributed by atoms with Gasteiger partial charge in [-0.1, -0.05) is 42.1 Å². The van der Waals surface area contributed by atoms with E-state index < -0.39 is 11.9 Å². The average molecular weight is 270 g/mol. The molecular formula is C16H14O2S. The average Bonchev–Trinajstić information content (AvgIpc) is 2.43. The van der Waals surface area contributed by atoms with Crippen LogP contribution in [-0.4, -0.2) is 11.1 Å². The lowest BCUT2D eigenvalue weighted by molar-refractivity contribution is -0.138. The Morgan fingerprint density at radius 1 is 1.16 bits per heavy atom. The van der Waals surface area contributed by atoms with E-state index in [2.05, 4.69) is 18.2 Å². The number of aliphatic carboxylic acids is 1. The number of hydrogen-bond donors (Lipinski definition) is 1. The van der Waals surface area contributed by atoms with Crippen LogP contribution in [0.5, 0.6) is 0 Å². The fourth-order valence-corrected chi connectivity index (χ4v) is 3.38. The first-order valence-electron chi connectivity index (χ1n) is 6.26. The van der Waals surface area contributed by atoms with Crippen molar-refractivity contribution in [2.45, 2.75) is 29.1 Å². The first-order chi connectivity index (χ1) is 9.15. The molecule has 3 heteroatoms. The molecule has 19 heavy (non-hydrogen) atoms. The van der Waals surface area contributed by atoms with Crippen molar-refractivity contribution in [2.75, 3.05) is 0 Å². The van der Waals surface area contributed by atoms with E-state index in [-0.39, 0.29) is 0 Å². The molecule has 3 rings (SSSR count). The molecule has 2 aromatic carbocycles. The van der Waals surface area contributed by atoms with E-state index in [1.807, 2.05) is 24.3 Å². The highest BCUT2D eigenvalue weighted by Gasteiger charge is 2.19. The van der Waals surface area contributed by atoms with E-state index in [1.165, 1.54) is 20.9 Å². The minimum atomic E-state index is -0.774. The monoisotopic (exact) mass is 270 g/mol. The van der Waals surface area contributed by atoms with Crippen LogP contribution in [0, 0.1) is 0 Å². The summed E-state index contributed by atoms with van der Waals surface area (Å²) >= 11 is 1.76. The summed E-state index contributed by atoms with van der Waals surface area (Å²) in [5.41, 5.74) is 3.43. The maximum absolute atomic E-state index is 11.1. The number of carboxylic acid groups (broad SMARTS) is 1. The van der Waals surface area contributed by atoms with Gasteiger partial charge < -0.3 is 5.11 Å². The zero-order chi connectivity index (χ0) is 13.4. The molecule has 0 amide bonds. The standard InChI is InChI=1S/C16H14O2S/c1-10(16(17)18)11-6-7-15-13(8-11)9-12-4-2-3-5-14(12)19-15/h2-8,10H,9H2,1H3,(H,17,18). The highest BCUT2D eigenvalue weighted by molar-refractivity contribution is 7.99. The van der Waals surface area contributed by atoms with Gasteiger partial charge in [0.1, 0.15) is 0 Å². The summed E-state index contributed by atoms with van der Waals surface area (Å²) in [6, 6.07) is 14.4. The van der Waals surface area contributed by atoms with Gasteiger partial charge in [-0.2, -0.15) is 0 Å². The minimum Gasteiger partial charge on any atom is -0.481 e. The Bertz CT molecular complexity index is 649. The number of carbonyl (C=O) groups is 1. The third-order valence-electron chi connectivity index (χ3n) is 3.53. The Morgan fingerprint density at radius 2 is 1.89 bits per heavy atom. The van der Waals surface area contributed by atoms with Crippen LogP contribution in [0.25, 0.3) is 0 Å². The van der Waals surface area contributed by atoms with Gasteiger partial charge in [0.05, 0.1) is 5.92 Å². The van der Waals surface area contributed by atoms with Gasteiger partial charge in [-0.15, -0.1) is 0 Å². The molecule has 0 bridgehead atoms. The first-order valence-corrected chi connectivity index (χ1v) is 7.08. The highest BCUT2D eigenvalue weighted by atomic mass is 32.2. The van der Waals surface area contributed by atoms with Crippen molar-refractivity contribution in [3.8, 4) is 0 Å². The Kier molecular flexibility index (Phi) is 3.07. The lowest BCUT2D eigenvalue weighted by atomic mass is 9.96. The molecule has 0 aromatic heterocycles. The molecule has 0 spiro atoms. The molecule has 1 aliphatic heterocycles. The summed E-state index contributed by atoms with van der Waals surface area (Å²) in [5.74, 6) is -1.23. The SMILES string of the molecule is CC(C(=O)O)c1ccc2c(c1)Cc1ccccc1S2. The molecule has 1 unspecified atom stereocenters. The molecule has 0 radical (unpaired) electrons. The second-order valence-electron chi connectivity index (χ2n) is 4.81. The fraction of sp³-hybridized carbons (Fsp3) is 0.188. The second-order valence-corrected chi connectivity index (χ2v) is 5.90. The van der Waals surface area contributed by atoms with Gasteiger partial charge in [0.2, 0.25) is 0 Å². The molecule has 0 saturated heterocycles. The molecule has 0 saturated carbocycles. The van der Waals surface area contributed by atoms with Crippen LogP contribution < -0.4 is 0 Å². The van der Waals surface area contributed by atoms with E-state index in [9.17, 15) is 4.79 Å². The summed E-state index contributed by atoms with van der Waals surface area (Å²) in [6.45, 7) is 1.73. The van der Waals surface area contributed by atoms with E-state index in [0.29, 0.717) is 0 Å².